The fourth-order valence-corrected chi connectivity index (χ4v) is 5.72. The summed E-state index contributed by atoms with van der Waals surface area (Å²) in [5.41, 5.74) is 2.36. The molecule has 2 fully saturated rings. The Morgan fingerprint density at radius 1 is 1.00 bits per heavy atom. The molecule has 1 saturated carbocycles. The number of anilines is 3. The van der Waals surface area contributed by atoms with Gasteiger partial charge in [-0.2, -0.15) is 0 Å². The summed E-state index contributed by atoms with van der Waals surface area (Å²) in [6.45, 7) is 12.1. The number of nitrogens with zero attached hydrogens (tertiary/aromatic N) is 4. The first-order chi connectivity index (χ1) is 17.6. The molecule has 3 atom stereocenters. The van der Waals surface area contributed by atoms with Gasteiger partial charge in [0, 0.05) is 50.7 Å². The lowest BCUT2D eigenvalue weighted by Crippen LogP contribution is -2.52. The molecule has 3 aliphatic rings. The van der Waals surface area contributed by atoms with Crippen molar-refractivity contribution in [1.82, 2.24) is 9.88 Å². The number of hydrogen-bond donors (Lipinski definition) is 1. The Balaban J connectivity index is 1.42. The predicted molar refractivity (Wildman–Crippen MR) is 146 cm³/mol. The van der Waals surface area contributed by atoms with E-state index in [1.807, 2.05) is 49.9 Å². The van der Waals surface area contributed by atoms with Crippen LogP contribution in [0.15, 0.2) is 42.5 Å². The molecule has 1 aromatic heterocycles. The number of fused-ring (bicyclic) bond motifs is 1. The number of ether oxygens (including phenoxy) is 1. The number of pyridine rings is 1. The zero-order chi connectivity index (χ0) is 26.3. The van der Waals surface area contributed by atoms with Crippen LogP contribution >= 0.6 is 0 Å². The van der Waals surface area contributed by atoms with Gasteiger partial charge in [-0.1, -0.05) is 25.1 Å². The molecule has 8 nitrogen and oxygen atoms in total. The average Bonchev–Trinajstić information content (AvgIpc) is 3.70. The minimum atomic E-state index is -0.507. The second kappa shape index (κ2) is 9.88. The summed E-state index contributed by atoms with van der Waals surface area (Å²) in [7, 11) is 0. The first-order valence-corrected chi connectivity index (χ1v) is 13.5. The minimum absolute atomic E-state index is 0.0124. The standard InChI is InChI=1S/C29H39N5O3/c1-19-25(30-22-9-7-6-8-10-22)26-23(34(20(2)35)27(19)21-11-12-21)13-14-24(31-26)32-15-17-33(18-16-32)28(36)37-29(3,4)5/h6-10,13-14,19,21,25,27,30H,11-12,15-18H2,1-5H3/t19-,25?,27-/m1/s1. The van der Waals surface area contributed by atoms with Crippen LogP contribution in [0.1, 0.15) is 59.2 Å². The summed E-state index contributed by atoms with van der Waals surface area (Å²) in [5, 5.41) is 3.74. The van der Waals surface area contributed by atoms with Gasteiger partial charge in [0.2, 0.25) is 5.91 Å². The zero-order valence-electron chi connectivity index (χ0n) is 22.6. The van der Waals surface area contributed by atoms with E-state index in [0.717, 1.165) is 22.9 Å². The molecule has 0 spiro atoms. The van der Waals surface area contributed by atoms with Crippen LogP contribution in [0.5, 0.6) is 0 Å². The van der Waals surface area contributed by atoms with Crippen LogP contribution < -0.4 is 15.1 Å². The predicted octanol–water partition coefficient (Wildman–Crippen LogP) is 5.07. The van der Waals surface area contributed by atoms with E-state index in [0.29, 0.717) is 32.1 Å². The second-order valence-corrected chi connectivity index (χ2v) is 11.6. The number of benzene rings is 1. The molecule has 0 bridgehead atoms. The van der Waals surface area contributed by atoms with Crippen molar-refractivity contribution in [2.75, 3.05) is 41.3 Å². The maximum Gasteiger partial charge on any atom is 0.410 e. The van der Waals surface area contributed by atoms with Crippen molar-refractivity contribution in [1.29, 1.82) is 0 Å². The largest absolute Gasteiger partial charge is 0.444 e. The van der Waals surface area contributed by atoms with E-state index in [4.69, 9.17) is 9.72 Å². The Bertz CT molecular complexity index is 1140. The highest BCUT2D eigenvalue weighted by molar-refractivity contribution is 5.94. The van der Waals surface area contributed by atoms with Crippen LogP contribution in [0.4, 0.5) is 22.0 Å². The van der Waals surface area contributed by atoms with E-state index in [9.17, 15) is 9.59 Å². The molecule has 1 unspecified atom stereocenters. The van der Waals surface area contributed by atoms with Crippen LogP contribution in [0, 0.1) is 11.8 Å². The molecule has 2 amide bonds. The van der Waals surface area contributed by atoms with Gasteiger partial charge in [0.05, 0.1) is 17.4 Å². The quantitative estimate of drug-likeness (QED) is 0.625. The van der Waals surface area contributed by atoms with Crippen molar-refractivity contribution in [2.45, 2.75) is 65.1 Å². The van der Waals surface area contributed by atoms with Gasteiger partial charge < -0.3 is 24.8 Å². The maximum absolute atomic E-state index is 12.9. The van der Waals surface area contributed by atoms with Crippen molar-refractivity contribution in [3.8, 4) is 0 Å². The molecule has 2 aromatic rings. The third-order valence-corrected chi connectivity index (χ3v) is 7.60. The van der Waals surface area contributed by atoms with Crippen molar-refractivity contribution in [2.24, 2.45) is 11.8 Å². The first kappa shape index (κ1) is 25.4. The molecule has 1 N–H and O–H groups in total. The number of carbonyl (C=O) groups excluding carboxylic acids is 2. The molecular formula is C29H39N5O3. The van der Waals surface area contributed by atoms with Gasteiger partial charge in [0.1, 0.15) is 11.4 Å². The lowest BCUT2D eigenvalue weighted by molar-refractivity contribution is -0.117. The fourth-order valence-electron chi connectivity index (χ4n) is 5.72. The lowest BCUT2D eigenvalue weighted by atomic mass is 9.82. The first-order valence-electron chi connectivity index (χ1n) is 13.5. The molecule has 37 heavy (non-hydrogen) atoms. The van der Waals surface area contributed by atoms with Crippen LogP contribution in [-0.4, -0.2) is 59.7 Å². The second-order valence-electron chi connectivity index (χ2n) is 11.6. The lowest BCUT2D eigenvalue weighted by Gasteiger charge is -2.45. The third kappa shape index (κ3) is 5.38. The van der Waals surface area contributed by atoms with E-state index in [1.165, 1.54) is 12.8 Å². The van der Waals surface area contributed by atoms with Crippen molar-refractivity contribution < 1.29 is 14.3 Å². The Morgan fingerprint density at radius 3 is 2.27 bits per heavy atom. The third-order valence-electron chi connectivity index (χ3n) is 7.60. The number of nitrogens with one attached hydrogen (secondary N) is 1. The van der Waals surface area contributed by atoms with Gasteiger partial charge in [-0.05, 0) is 63.8 Å². The molecule has 0 radical (unpaired) electrons. The summed E-state index contributed by atoms with van der Waals surface area (Å²) >= 11 is 0. The number of carbonyl (C=O) groups is 2. The average molecular weight is 506 g/mol. The summed E-state index contributed by atoms with van der Waals surface area (Å²) in [6.07, 6.45) is 2.06. The molecule has 2 aliphatic heterocycles. The molecule has 5 rings (SSSR count). The van der Waals surface area contributed by atoms with E-state index in [-0.39, 0.29) is 30.0 Å². The Morgan fingerprint density at radius 2 is 1.68 bits per heavy atom. The van der Waals surface area contributed by atoms with Crippen LogP contribution in [0.25, 0.3) is 0 Å². The summed E-state index contributed by atoms with van der Waals surface area (Å²) in [4.78, 5) is 36.6. The van der Waals surface area contributed by atoms with Gasteiger partial charge in [-0.3, -0.25) is 4.79 Å². The topological polar surface area (TPSA) is 78.0 Å². The summed E-state index contributed by atoms with van der Waals surface area (Å²) in [5.74, 6) is 1.69. The van der Waals surface area contributed by atoms with E-state index < -0.39 is 5.60 Å². The van der Waals surface area contributed by atoms with Crippen LogP contribution in [0.2, 0.25) is 0 Å². The number of rotatable bonds is 4. The van der Waals surface area contributed by atoms with Gasteiger partial charge in [0.25, 0.3) is 0 Å². The normalized spacial score (nSPS) is 23.9. The fraction of sp³-hybridized carbons (Fsp3) is 0.552. The molecule has 1 aliphatic carbocycles. The van der Waals surface area contributed by atoms with Crippen LogP contribution in [0.3, 0.4) is 0 Å². The van der Waals surface area contributed by atoms with Gasteiger partial charge in [0.15, 0.2) is 0 Å². The van der Waals surface area contributed by atoms with Crippen molar-refractivity contribution >= 4 is 29.2 Å². The molecule has 198 valence electrons. The maximum atomic E-state index is 12.9. The van der Waals surface area contributed by atoms with E-state index in [2.05, 4.69) is 35.3 Å². The Kier molecular flexibility index (Phi) is 6.77. The zero-order valence-corrected chi connectivity index (χ0v) is 22.6. The SMILES string of the molecule is CC(=O)N1c2ccc(N3CCN(C(=O)OC(C)(C)C)CC3)nc2C(Nc2ccccc2)[C@@H](C)[C@@H]1C1CC1. The molecule has 8 heteroatoms. The molecule has 3 heterocycles. The van der Waals surface area contributed by atoms with Crippen molar-refractivity contribution in [3.05, 3.63) is 48.2 Å². The van der Waals surface area contributed by atoms with E-state index in [1.54, 1.807) is 11.8 Å². The van der Waals surface area contributed by atoms with Gasteiger partial charge in [-0.25, -0.2) is 9.78 Å². The van der Waals surface area contributed by atoms with Gasteiger partial charge in [-0.15, -0.1) is 0 Å². The summed E-state index contributed by atoms with van der Waals surface area (Å²) < 4.78 is 5.55. The highest BCUT2D eigenvalue weighted by Gasteiger charge is 2.48. The molecule has 1 saturated heterocycles. The monoisotopic (exact) mass is 505 g/mol. The minimum Gasteiger partial charge on any atom is -0.444 e. The number of piperazine rings is 1. The molecule has 1 aromatic carbocycles. The highest BCUT2D eigenvalue weighted by atomic mass is 16.6. The number of amides is 2. The van der Waals surface area contributed by atoms with E-state index >= 15 is 0 Å². The summed E-state index contributed by atoms with van der Waals surface area (Å²) in [6, 6.07) is 14.5. The van der Waals surface area contributed by atoms with Crippen LogP contribution in [-0.2, 0) is 9.53 Å². The smallest absolute Gasteiger partial charge is 0.410 e. The number of para-hydroxylation sites is 1. The van der Waals surface area contributed by atoms with Crippen molar-refractivity contribution in [3.63, 3.8) is 0 Å². The molecular weight excluding hydrogens is 466 g/mol. The Labute approximate surface area is 220 Å². The highest BCUT2D eigenvalue weighted by Crippen LogP contribution is 2.49. The Hall–Kier alpha value is -3.29. The number of aromatic nitrogens is 1. The van der Waals surface area contributed by atoms with Gasteiger partial charge >= 0.3 is 6.09 Å². The number of hydrogen-bond acceptors (Lipinski definition) is 6.